The van der Waals surface area contributed by atoms with Gasteiger partial charge in [-0.05, 0) is 23.3 Å². The van der Waals surface area contributed by atoms with Gasteiger partial charge in [0.2, 0.25) is 0 Å². The molecular weight excluding hydrogens is 254 g/mol. The number of aliphatic hydroxyl groups is 1. The number of carbonyl (C=O) groups is 1. The molecule has 1 aliphatic carbocycles. The lowest BCUT2D eigenvalue weighted by Crippen LogP contribution is -2.36. The number of aliphatic hydroxyl groups excluding tert-OH is 1. The zero-order valence-corrected chi connectivity index (χ0v) is 10.8. The molecule has 5 heteroatoms. The summed E-state index contributed by atoms with van der Waals surface area (Å²) in [6.07, 6.45) is 1.57. The second-order valence-corrected chi connectivity index (χ2v) is 4.76. The van der Waals surface area contributed by atoms with Gasteiger partial charge in [-0.1, -0.05) is 30.3 Å². The zero-order chi connectivity index (χ0) is 13.9. The largest absolute Gasteiger partial charge is 0.390 e. The second kappa shape index (κ2) is 5.30. The summed E-state index contributed by atoms with van der Waals surface area (Å²) < 4.78 is 0. The Hall–Kier alpha value is -2.40. The number of nitrogens with one attached hydrogen (secondary N) is 2. The van der Waals surface area contributed by atoms with Crippen molar-refractivity contribution in [1.29, 1.82) is 0 Å². The van der Waals surface area contributed by atoms with E-state index < -0.39 is 6.10 Å². The van der Waals surface area contributed by atoms with Gasteiger partial charge in [0, 0.05) is 12.6 Å². The maximum absolute atomic E-state index is 12.0. The van der Waals surface area contributed by atoms with Crippen LogP contribution in [0.3, 0.4) is 0 Å². The van der Waals surface area contributed by atoms with Crippen LogP contribution in [0.4, 0.5) is 10.6 Å². The molecule has 3 rings (SSSR count). The third-order valence-corrected chi connectivity index (χ3v) is 3.40. The highest BCUT2D eigenvalue weighted by Crippen LogP contribution is 2.31. The fraction of sp³-hybridized carbons (Fsp3) is 0.200. The fourth-order valence-electron chi connectivity index (χ4n) is 2.48. The zero-order valence-electron chi connectivity index (χ0n) is 10.8. The van der Waals surface area contributed by atoms with Gasteiger partial charge < -0.3 is 10.4 Å². The average Bonchev–Trinajstić information content (AvgIpc) is 2.76. The number of nitrogens with zero attached hydrogens (tertiary/aromatic N) is 1. The molecule has 0 spiro atoms. The molecule has 1 aromatic heterocycles. The number of hydrogen-bond donors (Lipinski definition) is 3. The lowest BCUT2D eigenvalue weighted by atomic mass is 10.1. The van der Waals surface area contributed by atoms with E-state index in [0.29, 0.717) is 12.2 Å². The number of anilines is 1. The smallest absolute Gasteiger partial charge is 0.320 e. The molecule has 20 heavy (non-hydrogen) atoms. The molecule has 0 fully saturated rings. The van der Waals surface area contributed by atoms with E-state index in [2.05, 4.69) is 15.6 Å². The number of hydrogen-bond acceptors (Lipinski definition) is 3. The van der Waals surface area contributed by atoms with Gasteiger partial charge in [0.1, 0.15) is 5.82 Å². The Morgan fingerprint density at radius 1 is 1.20 bits per heavy atom. The summed E-state index contributed by atoms with van der Waals surface area (Å²) in [5.74, 6) is 0.478. The van der Waals surface area contributed by atoms with Crippen LogP contribution in [0.25, 0.3) is 0 Å². The standard InChI is InChI=1S/C15H15N3O2/c19-12-9-10-5-1-2-6-11(10)14(12)18-15(20)17-13-7-3-4-8-16-13/h1-8,12,14,19H,9H2,(H2,16,17,18,20)/t12-,14+/m1/s1. The average molecular weight is 269 g/mol. The van der Waals surface area contributed by atoms with Crippen LogP contribution in [0.1, 0.15) is 17.2 Å². The van der Waals surface area contributed by atoms with Gasteiger partial charge in [-0.3, -0.25) is 5.32 Å². The summed E-state index contributed by atoms with van der Waals surface area (Å²) in [7, 11) is 0. The molecule has 1 aliphatic rings. The maximum Gasteiger partial charge on any atom is 0.320 e. The minimum absolute atomic E-state index is 0.371. The first-order valence-corrected chi connectivity index (χ1v) is 6.48. The second-order valence-electron chi connectivity index (χ2n) is 4.76. The summed E-state index contributed by atoms with van der Waals surface area (Å²) in [6.45, 7) is 0. The molecule has 0 saturated heterocycles. The number of amides is 2. The summed E-state index contributed by atoms with van der Waals surface area (Å²) >= 11 is 0. The van der Waals surface area contributed by atoms with Gasteiger partial charge in [-0.15, -0.1) is 0 Å². The molecule has 0 aliphatic heterocycles. The van der Waals surface area contributed by atoms with Gasteiger partial charge in [0.15, 0.2) is 0 Å². The molecule has 1 aromatic carbocycles. The van der Waals surface area contributed by atoms with E-state index >= 15 is 0 Å². The SMILES string of the molecule is O=C(Nc1ccccn1)N[C@H]1c2ccccc2C[C@H]1O. The highest BCUT2D eigenvalue weighted by Gasteiger charge is 2.31. The van der Waals surface area contributed by atoms with Gasteiger partial charge >= 0.3 is 6.03 Å². The monoisotopic (exact) mass is 269 g/mol. The minimum Gasteiger partial charge on any atom is -0.390 e. The summed E-state index contributed by atoms with van der Waals surface area (Å²) in [5.41, 5.74) is 2.04. The number of urea groups is 1. The minimum atomic E-state index is -0.595. The van der Waals surface area contributed by atoms with E-state index in [-0.39, 0.29) is 12.1 Å². The lowest BCUT2D eigenvalue weighted by molar-refractivity contribution is 0.144. The van der Waals surface area contributed by atoms with Crippen molar-refractivity contribution in [3.63, 3.8) is 0 Å². The summed E-state index contributed by atoms with van der Waals surface area (Å²) in [5, 5.41) is 15.5. The van der Waals surface area contributed by atoms with Crippen LogP contribution < -0.4 is 10.6 Å². The van der Waals surface area contributed by atoms with E-state index in [1.807, 2.05) is 24.3 Å². The van der Waals surface area contributed by atoms with E-state index in [4.69, 9.17) is 0 Å². The van der Waals surface area contributed by atoms with Crippen LogP contribution in [0.15, 0.2) is 48.7 Å². The molecule has 5 nitrogen and oxygen atoms in total. The Morgan fingerprint density at radius 2 is 2.00 bits per heavy atom. The van der Waals surface area contributed by atoms with Crippen molar-refractivity contribution in [2.75, 3.05) is 5.32 Å². The number of aromatic nitrogens is 1. The van der Waals surface area contributed by atoms with Crippen molar-refractivity contribution >= 4 is 11.8 Å². The molecule has 0 saturated carbocycles. The molecule has 102 valence electrons. The van der Waals surface area contributed by atoms with Gasteiger partial charge in [-0.25, -0.2) is 9.78 Å². The van der Waals surface area contributed by atoms with Gasteiger partial charge in [0.05, 0.1) is 12.1 Å². The predicted molar refractivity (Wildman–Crippen MR) is 75.3 cm³/mol. The first-order chi connectivity index (χ1) is 9.74. The fourth-order valence-corrected chi connectivity index (χ4v) is 2.48. The van der Waals surface area contributed by atoms with Crippen molar-refractivity contribution < 1.29 is 9.90 Å². The maximum atomic E-state index is 12.0. The molecular formula is C15H15N3O2. The molecule has 0 radical (unpaired) electrons. The highest BCUT2D eigenvalue weighted by atomic mass is 16.3. The van der Waals surface area contributed by atoms with Gasteiger partial charge in [-0.2, -0.15) is 0 Å². The van der Waals surface area contributed by atoms with Crippen molar-refractivity contribution in [2.24, 2.45) is 0 Å². The van der Waals surface area contributed by atoms with E-state index in [9.17, 15) is 9.90 Å². The van der Waals surface area contributed by atoms with E-state index in [0.717, 1.165) is 11.1 Å². The third kappa shape index (κ3) is 2.48. The van der Waals surface area contributed by atoms with Crippen molar-refractivity contribution in [3.05, 3.63) is 59.8 Å². The molecule has 1 heterocycles. The van der Waals surface area contributed by atoms with E-state index in [1.165, 1.54) is 0 Å². The molecule has 0 unspecified atom stereocenters. The van der Waals surface area contributed by atoms with Crippen molar-refractivity contribution in [1.82, 2.24) is 10.3 Å². The molecule has 2 aromatic rings. The van der Waals surface area contributed by atoms with Crippen LogP contribution in [0.5, 0.6) is 0 Å². The topological polar surface area (TPSA) is 74.2 Å². The summed E-state index contributed by atoms with van der Waals surface area (Å²) in [6, 6.07) is 12.3. The van der Waals surface area contributed by atoms with Crippen LogP contribution in [-0.2, 0) is 6.42 Å². The Labute approximate surface area is 116 Å². The number of fused-ring (bicyclic) bond motifs is 1. The van der Waals surface area contributed by atoms with Crippen molar-refractivity contribution in [3.8, 4) is 0 Å². The van der Waals surface area contributed by atoms with E-state index in [1.54, 1.807) is 24.4 Å². The van der Waals surface area contributed by atoms with Crippen LogP contribution in [0.2, 0.25) is 0 Å². The van der Waals surface area contributed by atoms with Crippen LogP contribution >= 0.6 is 0 Å². The quantitative estimate of drug-likeness (QED) is 0.779. The van der Waals surface area contributed by atoms with Gasteiger partial charge in [0.25, 0.3) is 0 Å². The lowest BCUT2D eigenvalue weighted by Gasteiger charge is -2.18. The number of rotatable bonds is 2. The summed E-state index contributed by atoms with van der Waals surface area (Å²) in [4.78, 5) is 16.0. The third-order valence-electron chi connectivity index (χ3n) is 3.40. The molecule has 0 bridgehead atoms. The van der Waals surface area contributed by atoms with Crippen molar-refractivity contribution in [2.45, 2.75) is 18.6 Å². The number of carbonyl (C=O) groups excluding carboxylic acids is 1. The number of benzene rings is 1. The number of pyridine rings is 1. The normalized spacial score (nSPS) is 20.2. The first-order valence-electron chi connectivity index (χ1n) is 6.48. The Balaban J connectivity index is 1.70. The predicted octanol–water partition coefficient (Wildman–Crippen LogP) is 1.86. The Kier molecular flexibility index (Phi) is 3.35. The van der Waals surface area contributed by atoms with Crippen LogP contribution in [-0.4, -0.2) is 22.2 Å². The highest BCUT2D eigenvalue weighted by molar-refractivity contribution is 5.88. The van der Waals surface area contributed by atoms with Crippen LogP contribution in [0, 0.1) is 0 Å². The molecule has 2 amide bonds. The molecule has 3 N–H and O–H groups in total. The first kappa shape index (κ1) is 12.6. The molecule has 2 atom stereocenters. The Morgan fingerprint density at radius 3 is 2.80 bits per heavy atom. The Bertz CT molecular complexity index is 616.